The highest BCUT2D eigenvalue weighted by Gasteiger charge is 2.15. The molecule has 0 bridgehead atoms. The zero-order valence-electron chi connectivity index (χ0n) is 18.0. The molecule has 0 aliphatic rings. The summed E-state index contributed by atoms with van der Waals surface area (Å²) in [6.45, 7) is 4.58. The summed E-state index contributed by atoms with van der Waals surface area (Å²) in [4.78, 5) is 3.16. The summed E-state index contributed by atoms with van der Waals surface area (Å²) in [6, 6.07) is 9.95. The average Bonchev–Trinajstić information content (AvgIpc) is 3.46. The smallest absolute Gasteiger partial charge is 0.0880 e. The molecule has 0 N–H and O–H groups in total. The van der Waals surface area contributed by atoms with Gasteiger partial charge in [0.25, 0.3) is 0 Å². The van der Waals surface area contributed by atoms with Crippen LogP contribution in [0.3, 0.4) is 0 Å². The van der Waals surface area contributed by atoms with Gasteiger partial charge in [-0.25, -0.2) is 0 Å². The molecule has 1 aromatic carbocycles. The predicted octanol–water partition coefficient (Wildman–Crippen LogP) is 10.8. The van der Waals surface area contributed by atoms with Gasteiger partial charge in [-0.3, -0.25) is 0 Å². The molecule has 5 rings (SSSR count). The summed E-state index contributed by atoms with van der Waals surface area (Å²) in [6.07, 6.45) is 13.3. The van der Waals surface area contributed by atoms with Gasteiger partial charge >= 0.3 is 0 Å². The van der Waals surface area contributed by atoms with Crippen LogP contribution in [0.15, 0.2) is 24.3 Å². The summed E-state index contributed by atoms with van der Waals surface area (Å²) in [7, 11) is 0. The van der Waals surface area contributed by atoms with Crippen molar-refractivity contribution in [3.05, 3.63) is 34.0 Å². The van der Waals surface area contributed by atoms with Crippen LogP contribution in [0.4, 0.5) is 0 Å². The Morgan fingerprint density at radius 2 is 1.00 bits per heavy atom. The van der Waals surface area contributed by atoms with Crippen molar-refractivity contribution < 1.29 is 0 Å². The predicted molar refractivity (Wildman–Crippen MR) is 144 cm³/mol. The third-order valence-corrected chi connectivity index (χ3v) is 11.0. The SMILES string of the molecule is CCCCCCc1cc2c(s1)sc1cc3sc4sc(CCCCCC)cc4c3cc12. The summed E-state index contributed by atoms with van der Waals surface area (Å²) in [5.74, 6) is 0. The number of fused-ring (bicyclic) bond motifs is 6. The minimum atomic E-state index is 1.25. The standard InChI is InChI=1S/C26H30S4/c1-3-5-7-9-11-17-13-21-19-15-20-22-14-18(12-10-8-6-4-2)28-26(22)30-24(20)16-23(19)29-25(21)27-17/h13-16H,3-12H2,1-2H3. The maximum absolute atomic E-state index is 2.50. The van der Waals surface area contributed by atoms with E-state index in [9.17, 15) is 0 Å². The minimum Gasteiger partial charge on any atom is -0.129 e. The van der Waals surface area contributed by atoms with Crippen LogP contribution in [-0.4, -0.2) is 0 Å². The van der Waals surface area contributed by atoms with E-state index in [0.29, 0.717) is 0 Å². The van der Waals surface area contributed by atoms with E-state index in [-0.39, 0.29) is 0 Å². The normalized spacial score (nSPS) is 12.3. The molecule has 0 saturated heterocycles. The first-order chi connectivity index (χ1) is 14.8. The molecule has 158 valence electrons. The first kappa shape index (κ1) is 20.9. The lowest BCUT2D eigenvalue weighted by atomic mass is 10.1. The molecule has 0 aliphatic carbocycles. The number of rotatable bonds is 10. The summed E-state index contributed by atoms with van der Waals surface area (Å²) < 4.78 is 5.97. The zero-order valence-corrected chi connectivity index (χ0v) is 21.3. The molecule has 30 heavy (non-hydrogen) atoms. The quantitative estimate of drug-likeness (QED) is 0.178. The Labute approximate surface area is 195 Å². The van der Waals surface area contributed by atoms with Gasteiger partial charge < -0.3 is 0 Å². The first-order valence-electron chi connectivity index (χ1n) is 11.6. The molecule has 0 unspecified atom stereocenters. The molecular formula is C26H30S4. The second-order valence-electron chi connectivity index (χ2n) is 8.50. The minimum absolute atomic E-state index is 1.25. The van der Waals surface area contributed by atoms with Crippen LogP contribution in [0.25, 0.3) is 39.0 Å². The van der Waals surface area contributed by atoms with Gasteiger partial charge in [0.15, 0.2) is 0 Å². The molecule has 0 aliphatic heterocycles. The van der Waals surface area contributed by atoms with Crippen molar-refractivity contribution in [1.82, 2.24) is 0 Å². The second-order valence-corrected chi connectivity index (χ2v) is 13.4. The van der Waals surface area contributed by atoms with E-state index in [1.54, 1.807) is 9.75 Å². The fourth-order valence-corrected chi connectivity index (χ4v) is 9.76. The molecule has 0 spiro atoms. The van der Waals surface area contributed by atoms with E-state index in [1.807, 2.05) is 45.3 Å². The summed E-state index contributed by atoms with van der Waals surface area (Å²) in [5, 5.41) is 5.96. The van der Waals surface area contributed by atoms with Crippen molar-refractivity contribution in [2.24, 2.45) is 0 Å². The molecule has 0 atom stereocenters. The van der Waals surface area contributed by atoms with Gasteiger partial charge in [0.2, 0.25) is 0 Å². The van der Waals surface area contributed by atoms with Crippen molar-refractivity contribution in [2.75, 3.05) is 0 Å². The maximum Gasteiger partial charge on any atom is 0.0880 e. The fraction of sp³-hybridized carbons (Fsp3) is 0.462. The number of unbranched alkanes of at least 4 members (excludes halogenated alkanes) is 6. The molecule has 4 heterocycles. The molecule has 0 nitrogen and oxygen atoms in total. The van der Waals surface area contributed by atoms with Crippen molar-refractivity contribution in [3.63, 3.8) is 0 Å². The van der Waals surface area contributed by atoms with Crippen LogP contribution in [-0.2, 0) is 12.8 Å². The third kappa shape index (κ3) is 4.09. The van der Waals surface area contributed by atoms with Crippen LogP contribution in [0.1, 0.15) is 75.0 Å². The van der Waals surface area contributed by atoms with E-state index >= 15 is 0 Å². The monoisotopic (exact) mass is 470 g/mol. The summed E-state index contributed by atoms with van der Waals surface area (Å²) in [5.41, 5.74) is 0. The van der Waals surface area contributed by atoms with E-state index < -0.39 is 0 Å². The molecule has 0 amide bonds. The van der Waals surface area contributed by atoms with Gasteiger partial charge in [-0.05, 0) is 49.9 Å². The molecular weight excluding hydrogens is 441 g/mol. The Morgan fingerprint density at radius 1 is 0.500 bits per heavy atom. The number of hydrogen-bond acceptors (Lipinski definition) is 4. The lowest BCUT2D eigenvalue weighted by Crippen LogP contribution is -1.80. The maximum atomic E-state index is 2.50. The molecule has 0 radical (unpaired) electrons. The van der Waals surface area contributed by atoms with Crippen LogP contribution in [0, 0.1) is 0 Å². The number of hydrogen-bond donors (Lipinski definition) is 0. The van der Waals surface area contributed by atoms with Crippen molar-refractivity contribution in [2.45, 2.75) is 78.1 Å². The molecule has 0 saturated carbocycles. The van der Waals surface area contributed by atoms with Crippen LogP contribution < -0.4 is 0 Å². The highest BCUT2D eigenvalue weighted by atomic mass is 32.2. The fourth-order valence-electron chi connectivity index (χ4n) is 4.42. The molecule has 4 heteroatoms. The molecule has 5 aromatic rings. The first-order valence-corrected chi connectivity index (χ1v) is 14.8. The van der Waals surface area contributed by atoms with Crippen molar-refractivity contribution in [3.8, 4) is 0 Å². The van der Waals surface area contributed by atoms with Gasteiger partial charge in [-0.1, -0.05) is 52.4 Å². The number of aryl methyl sites for hydroxylation is 2. The topological polar surface area (TPSA) is 0 Å². The Balaban J connectivity index is 1.45. The molecule has 4 aromatic heterocycles. The van der Waals surface area contributed by atoms with E-state index in [0.717, 1.165) is 0 Å². The zero-order chi connectivity index (χ0) is 20.5. The average molecular weight is 471 g/mol. The number of thiophene rings is 4. The van der Waals surface area contributed by atoms with Crippen molar-refractivity contribution >= 4 is 84.3 Å². The van der Waals surface area contributed by atoms with E-state index in [4.69, 9.17) is 0 Å². The Bertz CT molecular complexity index is 1180. The van der Waals surface area contributed by atoms with Crippen LogP contribution >= 0.6 is 45.3 Å². The lowest BCUT2D eigenvalue weighted by molar-refractivity contribution is 0.670. The van der Waals surface area contributed by atoms with Gasteiger partial charge in [-0.15, -0.1) is 45.3 Å². The van der Waals surface area contributed by atoms with Gasteiger partial charge in [0, 0.05) is 40.7 Å². The van der Waals surface area contributed by atoms with Crippen LogP contribution in [0.5, 0.6) is 0 Å². The highest BCUT2D eigenvalue weighted by molar-refractivity contribution is 7.43. The Morgan fingerprint density at radius 3 is 1.47 bits per heavy atom. The largest absolute Gasteiger partial charge is 0.129 e. The van der Waals surface area contributed by atoms with Gasteiger partial charge in [-0.2, -0.15) is 0 Å². The highest BCUT2D eigenvalue weighted by Crippen LogP contribution is 2.46. The second kappa shape index (κ2) is 9.28. The summed E-state index contributed by atoms with van der Waals surface area (Å²) >= 11 is 8.07. The number of benzene rings is 1. The van der Waals surface area contributed by atoms with Crippen molar-refractivity contribution in [1.29, 1.82) is 0 Å². The van der Waals surface area contributed by atoms with E-state index in [1.165, 1.54) is 103 Å². The van der Waals surface area contributed by atoms with Crippen LogP contribution in [0.2, 0.25) is 0 Å². The third-order valence-electron chi connectivity index (χ3n) is 6.12. The Kier molecular flexibility index (Phi) is 6.47. The van der Waals surface area contributed by atoms with E-state index in [2.05, 4.69) is 38.1 Å². The van der Waals surface area contributed by atoms with Gasteiger partial charge in [0.1, 0.15) is 0 Å². The lowest BCUT2D eigenvalue weighted by Gasteiger charge is -1.97. The molecule has 0 fully saturated rings. The Hall–Kier alpha value is -0.940. The van der Waals surface area contributed by atoms with Gasteiger partial charge in [0.05, 0.1) is 8.03 Å².